The Hall–Kier alpha value is -0.0400. The van der Waals surface area contributed by atoms with Crippen molar-refractivity contribution in [2.24, 2.45) is 29.1 Å². The van der Waals surface area contributed by atoms with Crippen LogP contribution in [0.25, 0.3) is 0 Å². The van der Waals surface area contributed by atoms with Crippen LogP contribution in [0.15, 0.2) is 0 Å². The maximum atomic E-state index is 3.79. The van der Waals surface area contributed by atoms with Crippen molar-refractivity contribution >= 4 is 0 Å². The normalized spacial score (nSPS) is 32.1. The zero-order valence-electron chi connectivity index (χ0n) is 14.4. The molecular formula is C18H37N. The fraction of sp³-hybridized carbons (Fsp3) is 1.00. The van der Waals surface area contributed by atoms with Crippen LogP contribution in [0.1, 0.15) is 74.1 Å². The van der Waals surface area contributed by atoms with E-state index in [2.05, 4.69) is 53.8 Å². The zero-order valence-corrected chi connectivity index (χ0v) is 14.4. The van der Waals surface area contributed by atoms with Crippen molar-refractivity contribution in [2.45, 2.75) is 80.2 Å². The average Bonchev–Trinajstić information content (AvgIpc) is 2.31. The van der Waals surface area contributed by atoms with Gasteiger partial charge in [0.15, 0.2) is 0 Å². The quantitative estimate of drug-likeness (QED) is 0.730. The van der Waals surface area contributed by atoms with Crippen LogP contribution in [0.4, 0.5) is 0 Å². The maximum Gasteiger partial charge on any atom is 0.00980 e. The Morgan fingerprint density at radius 3 is 2.21 bits per heavy atom. The molecule has 0 amide bonds. The number of hydrogen-bond acceptors (Lipinski definition) is 1. The van der Waals surface area contributed by atoms with Crippen molar-refractivity contribution < 1.29 is 0 Å². The lowest BCUT2D eigenvalue weighted by Crippen LogP contribution is -2.42. The molecule has 1 nitrogen and oxygen atoms in total. The molecule has 0 bridgehead atoms. The lowest BCUT2D eigenvalue weighted by Gasteiger charge is -2.40. The molecular weight excluding hydrogens is 230 g/mol. The predicted octanol–water partition coefficient (Wildman–Crippen LogP) is 5.11. The predicted molar refractivity (Wildman–Crippen MR) is 86.4 cm³/mol. The maximum absolute atomic E-state index is 3.79. The molecule has 5 unspecified atom stereocenters. The summed E-state index contributed by atoms with van der Waals surface area (Å²) in [5.74, 6) is 3.52. The molecule has 0 heterocycles. The van der Waals surface area contributed by atoms with Gasteiger partial charge in [-0.2, -0.15) is 0 Å². The summed E-state index contributed by atoms with van der Waals surface area (Å²) in [6.45, 7) is 17.8. The molecule has 1 N–H and O–H groups in total. The first-order valence-electron chi connectivity index (χ1n) is 8.49. The minimum atomic E-state index is 0.432. The Morgan fingerprint density at radius 2 is 1.74 bits per heavy atom. The molecule has 0 radical (unpaired) electrons. The van der Waals surface area contributed by atoms with E-state index in [0.29, 0.717) is 5.41 Å². The first kappa shape index (κ1) is 17.0. The van der Waals surface area contributed by atoms with Gasteiger partial charge in [-0.3, -0.25) is 0 Å². The number of nitrogens with one attached hydrogen (secondary N) is 1. The highest BCUT2D eigenvalue weighted by molar-refractivity contribution is 4.86. The van der Waals surface area contributed by atoms with E-state index in [-0.39, 0.29) is 0 Å². The van der Waals surface area contributed by atoms with Gasteiger partial charge in [0.05, 0.1) is 0 Å². The number of hydrogen-bond donors (Lipinski definition) is 1. The van der Waals surface area contributed by atoms with Gasteiger partial charge in [0, 0.05) is 6.04 Å². The minimum absolute atomic E-state index is 0.432. The second-order valence-electron chi connectivity index (χ2n) is 8.19. The van der Waals surface area contributed by atoms with Gasteiger partial charge in [0.25, 0.3) is 0 Å². The van der Waals surface area contributed by atoms with Gasteiger partial charge in [-0.25, -0.2) is 0 Å². The van der Waals surface area contributed by atoms with Gasteiger partial charge in [0.2, 0.25) is 0 Å². The highest BCUT2D eigenvalue weighted by atomic mass is 14.9. The molecule has 1 aliphatic rings. The lowest BCUT2D eigenvalue weighted by molar-refractivity contribution is 0.137. The van der Waals surface area contributed by atoms with Crippen molar-refractivity contribution in [3.63, 3.8) is 0 Å². The molecule has 1 fully saturated rings. The van der Waals surface area contributed by atoms with E-state index >= 15 is 0 Å². The van der Waals surface area contributed by atoms with Crippen LogP contribution in [0, 0.1) is 29.1 Å². The third kappa shape index (κ3) is 5.10. The van der Waals surface area contributed by atoms with E-state index < -0.39 is 0 Å². The molecule has 0 spiro atoms. The molecule has 19 heavy (non-hydrogen) atoms. The van der Waals surface area contributed by atoms with Crippen LogP contribution in [-0.2, 0) is 0 Å². The van der Waals surface area contributed by atoms with Crippen LogP contribution >= 0.6 is 0 Å². The molecule has 114 valence electrons. The summed E-state index contributed by atoms with van der Waals surface area (Å²) in [5, 5.41) is 3.79. The third-order valence-corrected chi connectivity index (χ3v) is 5.76. The molecule has 0 aliphatic heterocycles. The van der Waals surface area contributed by atoms with E-state index in [0.717, 1.165) is 36.3 Å². The molecule has 0 aromatic rings. The van der Waals surface area contributed by atoms with Gasteiger partial charge in [-0.05, 0) is 54.9 Å². The summed E-state index contributed by atoms with van der Waals surface area (Å²) in [7, 11) is 0. The summed E-state index contributed by atoms with van der Waals surface area (Å²) in [6, 6.07) is 0.731. The van der Waals surface area contributed by atoms with Gasteiger partial charge >= 0.3 is 0 Å². The summed E-state index contributed by atoms with van der Waals surface area (Å²) in [4.78, 5) is 0. The average molecular weight is 268 g/mol. The van der Waals surface area contributed by atoms with Gasteiger partial charge < -0.3 is 5.32 Å². The van der Waals surface area contributed by atoms with Crippen LogP contribution in [0.3, 0.4) is 0 Å². The smallest absolute Gasteiger partial charge is 0.00980 e. The second kappa shape index (κ2) is 7.11. The van der Waals surface area contributed by atoms with Gasteiger partial charge in [-0.1, -0.05) is 54.9 Å². The van der Waals surface area contributed by atoms with E-state index in [1.807, 2.05) is 0 Å². The molecule has 1 saturated carbocycles. The largest absolute Gasteiger partial charge is 0.314 e. The molecule has 0 saturated heterocycles. The molecule has 1 rings (SSSR count). The van der Waals surface area contributed by atoms with E-state index in [4.69, 9.17) is 0 Å². The second-order valence-corrected chi connectivity index (χ2v) is 8.19. The van der Waals surface area contributed by atoms with Crippen LogP contribution in [0.2, 0.25) is 0 Å². The molecule has 0 aromatic heterocycles. The van der Waals surface area contributed by atoms with Crippen molar-refractivity contribution in [1.29, 1.82) is 0 Å². The SMILES string of the molecule is CCNC(CC(C)C(C)(C)C)C1CCC(C)C(C)C1. The van der Waals surface area contributed by atoms with E-state index in [9.17, 15) is 0 Å². The monoisotopic (exact) mass is 267 g/mol. The highest BCUT2D eigenvalue weighted by Gasteiger charge is 2.32. The minimum Gasteiger partial charge on any atom is -0.314 e. The molecule has 1 aliphatic carbocycles. The highest BCUT2D eigenvalue weighted by Crippen LogP contribution is 2.38. The van der Waals surface area contributed by atoms with Crippen LogP contribution in [0.5, 0.6) is 0 Å². The Morgan fingerprint density at radius 1 is 1.11 bits per heavy atom. The lowest BCUT2D eigenvalue weighted by atomic mass is 9.70. The first-order valence-corrected chi connectivity index (χ1v) is 8.49. The third-order valence-electron chi connectivity index (χ3n) is 5.76. The van der Waals surface area contributed by atoms with Crippen LogP contribution in [-0.4, -0.2) is 12.6 Å². The van der Waals surface area contributed by atoms with Crippen molar-refractivity contribution in [3.05, 3.63) is 0 Å². The topological polar surface area (TPSA) is 12.0 Å². The Kier molecular flexibility index (Phi) is 6.36. The molecule has 0 aromatic carbocycles. The summed E-state index contributed by atoms with van der Waals surface area (Å²) in [5.41, 5.74) is 0.432. The zero-order chi connectivity index (χ0) is 14.6. The fourth-order valence-electron chi connectivity index (χ4n) is 3.39. The van der Waals surface area contributed by atoms with E-state index in [1.54, 1.807) is 0 Å². The molecule has 1 heteroatoms. The standard InChI is InChI=1S/C18H37N/c1-8-19-17(12-15(4)18(5,6)7)16-10-9-13(2)14(3)11-16/h13-17,19H,8-12H2,1-7H3. The fourth-order valence-corrected chi connectivity index (χ4v) is 3.39. The summed E-state index contributed by atoms with van der Waals surface area (Å²) < 4.78 is 0. The van der Waals surface area contributed by atoms with E-state index in [1.165, 1.54) is 25.7 Å². The Labute approximate surface area is 121 Å². The Bertz CT molecular complexity index is 253. The van der Waals surface area contributed by atoms with Crippen molar-refractivity contribution in [2.75, 3.05) is 6.54 Å². The van der Waals surface area contributed by atoms with Crippen molar-refractivity contribution in [1.82, 2.24) is 5.32 Å². The van der Waals surface area contributed by atoms with Gasteiger partial charge in [-0.15, -0.1) is 0 Å². The van der Waals surface area contributed by atoms with Gasteiger partial charge in [0.1, 0.15) is 0 Å². The number of rotatable bonds is 5. The van der Waals surface area contributed by atoms with Crippen molar-refractivity contribution in [3.8, 4) is 0 Å². The van der Waals surface area contributed by atoms with Crippen LogP contribution < -0.4 is 5.32 Å². The summed E-state index contributed by atoms with van der Waals surface area (Å²) in [6.07, 6.45) is 5.62. The Balaban J connectivity index is 2.62. The molecule has 5 atom stereocenters. The summed E-state index contributed by atoms with van der Waals surface area (Å²) >= 11 is 0. The first-order chi connectivity index (χ1) is 8.75.